The van der Waals surface area contributed by atoms with Gasteiger partial charge in [0.25, 0.3) is 0 Å². The number of benzene rings is 2. The highest BCUT2D eigenvalue weighted by Crippen LogP contribution is 2.43. The number of anilines is 1. The minimum Gasteiger partial charge on any atom is -0.454 e. The Labute approximate surface area is 155 Å². The van der Waals surface area contributed by atoms with Gasteiger partial charge in [-0.15, -0.1) is 0 Å². The molecule has 0 N–H and O–H groups in total. The van der Waals surface area contributed by atoms with E-state index in [-0.39, 0.29) is 12.3 Å². The molecule has 26 heavy (non-hydrogen) atoms. The number of rotatable bonds is 2. The molecular formula is C22H26N2O2. The first-order valence-electron chi connectivity index (χ1n) is 9.17. The van der Waals surface area contributed by atoms with Gasteiger partial charge in [0.15, 0.2) is 11.5 Å². The van der Waals surface area contributed by atoms with Crippen LogP contribution >= 0.6 is 0 Å². The Kier molecular flexibility index (Phi) is 3.94. The van der Waals surface area contributed by atoms with Crippen LogP contribution in [0.1, 0.15) is 49.8 Å². The molecule has 2 aliphatic rings. The fourth-order valence-corrected chi connectivity index (χ4v) is 3.98. The lowest BCUT2D eigenvalue weighted by molar-refractivity contribution is 0.174. The maximum atomic E-state index is 5.43. The minimum absolute atomic E-state index is 0.181. The Bertz CT molecular complexity index is 886. The van der Waals surface area contributed by atoms with E-state index in [1.807, 2.05) is 24.4 Å². The van der Waals surface area contributed by atoms with E-state index in [1.165, 1.54) is 22.4 Å². The summed E-state index contributed by atoms with van der Waals surface area (Å²) in [6.07, 6.45) is 3.11. The summed E-state index contributed by atoms with van der Waals surface area (Å²) in [4.78, 5) is 7.07. The third kappa shape index (κ3) is 2.83. The van der Waals surface area contributed by atoms with Crippen LogP contribution in [0.15, 0.2) is 35.3 Å². The molecule has 2 aromatic carbocycles. The molecule has 1 unspecified atom stereocenters. The Morgan fingerprint density at radius 1 is 1.15 bits per heavy atom. The summed E-state index contributed by atoms with van der Waals surface area (Å²) in [7, 11) is 2.20. The molecule has 2 aliphatic heterocycles. The van der Waals surface area contributed by atoms with Crippen LogP contribution in [-0.4, -0.2) is 25.6 Å². The molecule has 136 valence electrons. The summed E-state index contributed by atoms with van der Waals surface area (Å²) in [5, 5.41) is 0. The van der Waals surface area contributed by atoms with Crippen LogP contribution in [0.5, 0.6) is 11.5 Å². The third-order valence-electron chi connectivity index (χ3n) is 5.73. The van der Waals surface area contributed by atoms with Crippen molar-refractivity contribution < 1.29 is 9.47 Å². The molecule has 0 aliphatic carbocycles. The molecule has 4 rings (SSSR count). The van der Waals surface area contributed by atoms with Crippen LogP contribution in [0.25, 0.3) is 0 Å². The first-order chi connectivity index (χ1) is 12.3. The summed E-state index contributed by atoms with van der Waals surface area (Å²) in [6, 6.07) is 10.4. The van der Waals surface area contributed by atoms with Gasteiger partial charge in [-0.3, -0.25) is 4.99 Å². The van der Waals surface area contributed by atoms with Gasteiger partial charge in [0.2, 0.25) is 6.79 Å². The largest absolute Gasteiger partial charge is 0.454 e. The van der Waals surface area contributed by atoms with E-state index in [0.29, 0.717) is 5.92 Å². The summed E-state index contributed by atoms with van der Waals surface area (Å²) in [6.45, 7) is 9.39. The molecule has 0 amide bonds. The molecule has 0 saturated carbocycles. The van der Waals surface area contributed by atoms with E-state index in [1.54, 1.807) is 0 Å². The van der Waals surface area contributed by atoms with Crippen LogP contribution in [0.3, 0.4) is 0 Å². The van der Waals surface area contributed by atoms with Crippen molar-refractivity contribution in [2.75, 3.05) is 18.7 Å². The lowest BCUT2D eigenvalue weighted by Gasteiger charge is -2.45. The first kappa shape index (κ1) is 17.0. The Morgan fingerprint density at radius 3 is 2.73 bits per heavy atom. The summed E-state index contributed by atoms with van der Waals surface area (Å²) in [5.41, 5.74) is 6.21. The first-order valence-corrected chi connectivity index (χ1v) is 9.17. The van der Waals surface area contributed by atoms with Crippen LogP contribution in [-0.2, 0) is 0 Å². The quantitative estimate of drug-likeness (QED) is 0.699. The highest BCUT2D eigenvalue weighted by atomic mass is 16.7. The van der Waals surface area contributed by atoms with Gasteiger partial charge < -0.3 is 14.4 Å². The van der Waals surface area contributed by atoms with Crippen LogP contribution in [0.4, 0.5) is 11.4 Å². The highest BCUT2D eigenvalue weighted by Gasteiger charge is 2.34. The molecule has 0 aromatic heterocycles. The van der Waals surface area contributed by atoms with Crippen molar-refractivity contribution in [2.24, 2.45) is 4.99 Å². The molecule has 2 aromatic rings. The zero-order chi connectivity index (χ0) is 18.5. The number of nitrogens with zero attached hydrogens (tertiary/aromatic N) is 2. The SMILES string of the molecule is Cc1cc2c(cc1C=Nc1ccc3c(c1)OCO3)C(C)CC(C)(C)N2C. The van der Waals surface area contributed by atoms with Crippen molar-refractivity contribution in [3.63, 3.8) is 0 Å². The Morgan fingerprint density at radius 2 is 1.92 bits per heavy atom. The smallest absolute Gasteiger partial charge is 0.231 e. The van der Waals surface area contributed by atoms with E-state index in [4.69, 9.17) is 9.47 Å². The molecule has 1 atom stereocenters. The average molecular weight is 350 g/mol. The van der Waals surface area contributed by atoms with Crippen molar-refractivity contribution in [3.05, 3.63) is 47.0 Å². The van der Waals surface area contributed by atoms with E-state index >= 15 is 0 Å². The van der Waals surface area contributed by atoms with Gasteiger partial charge >= 0.3 is 0 Å². The number of aliphatic imine (C=N–C) groups is 1. The Balaban J connectivity index is 1.67. The lowest BCUT2D eigenvalue weighted by atomic mass is 9.79. The van der Waals surface area contributed by atoms with Gasteiger partial charge in [-0.25, -0.2) is 0 Å². The number of ether oxygens (including phenoxy) is 2. The maximum absolute atomic E-state index is 5.43. The van der Waals surface area contributed by atoms with Gasteiger partial charge in [-0.05, 0) is 74.1 Å². The molecule has 2 heterocycles. The molecular weight excluding hydrogens is 324 g/mol. The van der Waals surface area contributed by atoms with Gasteiger partial charge in [0.1, 0.15) is 0 Å². The summed E-state index contributed by atoms with van der Waals surface area (Å²) < 4.78 is 10.8. The number of hydrogen-bond acceptors (Lipinski definition) is 4. The normalized spacial score (nSPS) is 20.5. The van der Waals surface area contributed by atoms with Crippen molar-refractivity contribution in [3.8, 4) is 11.5 Å². The second-order valence-corrected chi connectivity index (χ2v) is 8.04. The lowest BCUT2D eigenvalue weighted by Crippen LogP contribution is -2.45. The number of aryl methyl sites for hydroxylation is 1. The van der Waals surface area contributed by atoms with Gasteiger partial charge in [-0.2, -0.15) is 0 Å². The van der Waals surface area contributed by atoms with Crippen molar-refractivity contribution in [2.45, 2.75) is 45.6 Å². The van der Waals surface area contributed by atoms with Crippen molar-refractivity contribution >= 4 is 17.6 Å². The van der Waals surface area contributed by atoms with Crippen LogP contribution < -0.4 is 14.4 Å². The standard InChI is InChI=1S/C22H26N2O2/c1-14-8-19-18(15(2)11-22(3,4)24(19)5)9-16(14)12-23-17-6-7-20-21(10-17)26-13-25-20/h6-10,12,15H,11,13H2,1-5H3. The molecule has 0 radical (unpaired) electrons. The molecule has 0 fully saturated rings. The molecule has 0 bridgehead atoms. The second kappa shape index (κ2) is 6.04. The zero-order valence-electron chi connectivity index (χ0n) is 16.2. The number of hydrogen-bond donors (Lipinski definition) is 0. The van der Waals surface area contributed by atoms with Gasteiger partial charge in [0, 0.05) is 30.6 Å². The van der Waals surface area contributed by atoms with E-state index in [2.05, 4.69) is 56.8 Å². The summed E-state index contributed by atoms with van der Waals surface area (Å²) >= 11 is 0. The monoisotopic (exact) mass is 350 g/mol. The van der Waals surface area contributed by atoms with E-state index in [0.717, 1.165) is 23.6 Å². The zero-order valence-corrected chi connectivity index (χ0v) is 16.2. The molecule has 0 saturated heterocycles. The predicted molar refractivity (Wildman–Crippen MR) is 107 cm³/mol. The predicted octanol–water partition coefficient (Wildman–Crippen LogP) is 5.20. The van der Waals surface area contributed by atoms with Crippen LogP contribution in [0, 0.1) is 6.92 Å². The third-order valence-corrected chi connectivity index (χ3v) is 5.73. The Hall–Kier alpha value is -2.49. The fourth-order valence-electron chi connectivity index (χ4n) is 3.98. The summed E-state index contributed by atoms with van der Waals surface area (Å²) in [5.74, 6) is 2.09. The van der Waals surface area contributed by atoms with Gasteiger partial charge in [-0.1, -0.05) is 6.92 Å². The molecule has 0 spiro atoms. The molecule has 4 heteroatoms. The minimum atomic E-state index is 0.181. The molecule has 4 nitrogen and oxygen atoms in total. The maximum Gasteiger partial charge on any atom is 0.231 e. The van der Waals surface area contributed by atoms with Gasteiger partial charge in [0.05, 0.1) is 5.69 Å². The van der Waals surface area contributed by atoms with Crippen LogP contribution in [0.2, 0.25) is 0 Å². The average Bonchev–Trinajstić information content (AvgIpc) is 3.06. The highest BCUT2D eigenvalue weighted by molar-refractivity contribution is 5.86. The van der Waals surface area contributed by atoms with E-state index < -0.39 is 0 Å². The van der Waals surface area contributed by atoms with E-state index in [9.17, 15) is 0 Å². The number of fused-ring (bicyclic) bond motifs is 2. The fraction of sp³-hybridized carbons (Fsp3) is 0.409. The van der Waals surface area contributed by atoms with Crippen molar-refractivity contribution in [1.29, 1.82) is 0 Å². The van der Waals surface area contributed by atoms with Crippen molar-refractivity contribution in [1.82, 2.24) is 0 Å². The topological polar surface area (TPSA) is 34.1 Å². The second-order valence-electron chi connectivity index (χ2n) is 8.04.